The van der Waals surface area contributed by atoms with E-state index in [9.17, 15) is 85.9 Å². The third kappa shape index (κ3) is 11.0. The number of hydrogen-bond acceptors (Lipinski definition) is 26. The van der Waals surface area contributed by atoms with Crippen molar-refractivity contribution in [1.82, 2.24) is 0 Å². The van der Waals surface area contributed by atoms with Crippen molar-refractivity contribution in [3.8, 4) is 0 Å². The van der Waals surface area contributed by atoms with Crippen LogP contribution in [-0.4, -0.2) is 257 Å². The molecule has 9 aliphatic rings. The van der Waals surface area contributed by atoms with Crippen molar-refractivity contribution in [3.05, 3.63) is 23.3 Å². The van der Waals surface area contributed by atoms with Gasteiger partial charge in [-0.3, -0.25) is 4.79 Å². The lowest BCUT2D eigenvalue weighted by Gasteiger charge is -2.72. The van der Waals surface area contributed by atoms with Gasteiger partial charge in [-0.2, -0.15) is 0 Å². The minimum Gasteiger partial charge on any atom is -0.479 e. The van der Waals surface area contributed by atoms with E-state index in [0.717, 1.165) is 5.57 Å². The lowest BCUT2D eigenvalue weighted by molar-refractivity contribution is -0.400. The Balaban J connectivity index is 1.05. The molecule has 0 aromatic carbocycles. The van der Waals surface area contributed by atoms with Gasteiger partial charge in [0.05, 0.1) is 50.7 Å². The predicted molar refractivity (Wildman–Crippen MR) is 290 cm³/mol. The second-order valence-electron chi connectivity index (χ2n) is 27.4. The zero-order chi connectivity index (χ0) is 63.3. The number of carboxylic acids is 1. The van der Waals surface area contributed by atoms with E-state index in [2.05, 4.69) is 26.8 Å². The number of fused-ring (bicyclic) bond motifs is 7. The number of ether oxygens (including phenoxy) is 10. The lowest BCUT2D eigenvalue weighted by Crippen LogP contribution is -2.72. The van der Waals surface area contributed by atoms with Crippen LogP contribution >= 0.6 is 0 Å². The second kappa shape index (κ2) is 24.9. The molecule has 0 amide bonds. The number of hydrogen-bond donors (Lipinski definition) is 14. The Labute approximate surface area is 498 Å². The van der Waals surface area contributed by atoms with Crippen LogP contribution in [-0.2, 0) is 61.8 Å². The standard InChI is InChI=1S/C59H92O27/c1-10-24(2)49(76)86-46-47(79-25(3)63)59(23-62)27(17-54(46,4)5)26-11-12-32-55(6)15-14-34(56(7,22-61)31(55)13-16-57(32,8)58(26,9)18-33(59)66)81-53-45(85-51-40(72)38(70)37(69)30(19-60)80-51)42(41(73)43(83-53)48(74)75)82-52-44(36(68)29(65)21-78-52)84-50-39(71)35(67)28(64)20-77-50/h10-11,27-47,50-53,60-62,64-73H,12-23H2,1-9H3,(H,74,75). The fourth-order valence-electron chi connectivity index (χ4n) is 17.1. The number of carbonyl (C=O) groups excluding carboxylic acids is 2. The van der Waals surface area contributed by atoms with Crippen molar-refractivity contribution < 1.29 is 133 Å². The zero-order valence-corrected chi connectivity index (χ0v) is 50.1. The molecular formula is C59H92O27. The summed E-state index contributed by atoms with van der Waals surface area (Å²) in [7, 11) is 0. The summed E-state index contributed by atoms with van der Waals surface area (Å²) in [6, 6.07) is 0. The number of rotatable bonds is 15. The molecule has 8 fully saturated rings. The van der Waals surface area contributed by atoms with Gasteiger partial charge in [-0.05, 0) is 92.8 Å². The van der Waals surface area contributed by atoms with Crippen LogP contribution in [0.5, 0.6) is 0 Å². The molecule has 27 nitrogen and oxygen atoms in total. The third-order valence-electron chi connectivity index (χ3n) is 22.4. The summed E-state index contributed by atoms with van der Waals surface area (Å²) in [6.07, 6.45) is -32.4. The van der Waals surface area contributed by atoms with Crippen LogP contribution in [0.1, 0.15) is 107 Å². The van der Waals surface area contributed by atoms with Crippen LogP contribution in [0.25, 0.3) is 0 Å². The molecule has 5 aliphatic carbocycles. The molecule has 30 atom stereocenters. The largest absolute Gasteiger partial charge is 0.479 e. The molecule has 86 heavy (non-hydrogen) atoms. The Morgan fingerprint density at radius 1 is 0.640 bits per heavy atom. The van der Waals surface area contributed by atoms with Gasteiger partial charge >= 0.3 is 17.9 Å². The van der Waals surface area contributed by atoms with Crippen molar-refractivity contribution in [2.24, 2.45) is 50.2 Å². The van der Waals surface area contributed by atoms with E-state index in [-0.39, 0.29) is 24.7 Å². The summed E-state index contributed by atoms with van der Waals surface area (Å²) >= 11 is 0. The maximum absolute atomic E-state index is 13.5. The Morgan fingerprint density at radius 3 is 1.88 bits per heavy atom. The first-order valence-electron chi connectivity index (χ1n) is 30.0. The van der Waals surface area contributed by atoms with Crippen molar-refractivity contribution >= 4 is 17.9 Å². The van der Waals surface area contributed by atoms with Crippen LogP contribution in [0, 0.1) is 50.2 Å². The Bertz CT molecular complexity index is 2510. The van der Waals surface area contributed by atoms with Crippen LogP contribution in [0.2, 0.25) is 0 Å². The topological polar surface area (TPSA) is 427 Å². The molecule has 0 radical (unpaired) electrons. The van der Waals surface area contributed by atoms with Gasteiger partial charge in [-0.15, -0.1) is 0 Å². The molecule has 14 N–H and O–H groups in total. The highest BCUT2D eigenvalue weighted by Crippen LogP contribution is 2.76. The number of carboxylic acid groups (broad SMARTS) is 1. The van der Waals surface area contributed by atoms with Crippen LogP contribution < -0.4 is 0 Å². The van der Waals surface area contributed by atoms with E-state index in [4.69, 9.17) is 47.4 Å². The van der Waals surface area contributed by atoms with Gasteiger partial charge in [0, 0.05) is 23.3 Å². The van der Waals surface area contributed by atoms with Gasteiger partial charge in [0.1, 0.15) is 91.6 Å². The summed E-state index contributed by atoms with van der Waals surface area (Å²) in [6.45, 7) is 13.6. The van der Waals surface area contributed by atoms with Gasteiger partial charge in [-0.1, -0.05) is 59.3 Å². The molecule has 9 rings (SSSR count). The lowest BCUT2D eigenvalue weighted by atomic mass is 9.33. The molecule has 30 unspecified atom stereocenters. The number of carbonyl (C=O) groups is 3. The first kappa shape index (κ1) is 67.4. The molecule has 0 bridgehead atoms. The molecule has 27 heteroatoms. The summed E-state index contributed by atoms with van der Waals surface area (Å²) in [5, 5.41) is 156. The van der Waals surface area contributed by atoms with Crippen LogP contribution in [0.4, 0.5) is 0 Å². The van der Waals surface area contributed by atoms with Crippen LogP contribution in [0.3, 0.4) is 0 Å². The average molecular weight is 1230 g/mol. The van der Waals surface area contributed by atoms with E-state index < -0.39 is 224 Å². The SMILES string of the molecule is CC=C(C)C(=O)OC1C(OC(C)=O)C2(CO)C(O)CC3(C)C(=CCC4C5(C)CCC(OC6OC(C(=O)O)C(O)C(OC7OCC(O)C(O)C7OC7OCC(O)C(O)C7O)C6OC6OC(CO)C(O)C(O)C6O)C(C)(CO)C5CCC43C)C2CC1(C)C. The molecule has 490 valence electrons. The van der Waals surface area contributed by atoms with E-state index in [1.807, 2.05) is 20.8 Å². The fourth-order valence-corrected chi connectivity index (χ4v) is 17.1. The van der Waals surface area contributed by atoms with Gasteiger partial charge in [0.25, 0.3) is 0 Å². The highest BCUT2D eigenvalue weighted by Gasteiger charge is 2.74. The Morgan fingerprint density at radius 2 is 1.27 bits per heavy atom. The monoisotopic (exact) mass is 1230 g/mol. The number of aliphatic hydroxyl groups excluding tert-OH is 13. The van der Waals surface area contributed by atoms with E-state index in [1.165, 1.54) is 6.92 Å². The van der Waals surface area contributed by atoms with Gasteiger partial charge in [0.15, 0.2) is 31.3 Å². The normalized spacial score (nSPS) is 51.2. The van der Waals surface area contributed by atoms with Gasteiger partial charge in [0.2, 0.25) is 0 Å². The zero-order valence-electron chi connectivity index (χ0n) is 50.1. The average Bonchev–Trinajstić information content (AvgIpc) is 0.672. The van der Waals surface area contributed by atoms with Gasteiger partial charge in [-0.25, -0.2) is 9.59 Å². The second-order valence-corrected chi connectivity index (χ2v) is 27.4. The molecular weight excluding hydrogens is 1140 g/mol. The number of esters is 2. The van der Waals surface area contributed by atoms with E-state index in [0.29, 0.717) is 37.7 Å². The van der Waals surface area contributed by atoms with Crippen molar-refractivity contribution in [1.29, 1.82) is 0 Å². The van der Waals surface area contributed by atoms with Crippen molar-refractivity contribution in [3.63, 3.8) is 0 Å². The summed E-state index contributed by atoms with van der Waals surface area (Å²) in [4.78, 5) is 39.7. The third-order valence-corrected chi connectivity index (χ3v) is 22.4. The van der Waals surface area contributed by atoms with Crippen LogP contribution in [0.15, 0.2) is 23.3 Å². The Kier molecular flexibility index (Phi) is 19.5. The summed E-state index contributed by atoms with van der Waals surface area (Å²) in [5.74, 6) is -4.02. The summed E-state index contributed by atoms with van der Waals surface area (Å²) in [5.41, 5.74) is -4.00. The summed E-state index contributed by atoms with van der Waals surface area (Å²) < 4.78 is 60.7. The van der Waals surface area contributed by atoms with E-state index in [1.54, 1.807) is 19.9 Å². The molecule has 4 aliphatic heterocycles. The number of aliphatic hydroxyl groups is 13. The fraction of sp³-hybridized carbons (Fsp3) is 0.881. The quantitative estimate of drug-likeness (QED) is 0.0357. The van der Waals surface area contributed by atoms with E-state index >= 15 is 0 Å². The molecule has 4 heterocycles. The smallest absolute Gasteiger partial charge is 0.335 e. The first-order chi connectivity index (χ1) is 40.3. The minimum absolute atomic E-state index is 0.118. The highest BCUT2D eigenvalue weighted by molar-refractivity contribution is 5.87. The van der Waals surface area contributed by atoms with Crippen molar-refractivity contribution in [2.45, 2.75) is 242 Å². The predicted octanol–water partition coefficient (Wildman–Crippen LogP) is -2.22. The maximum atomic E-state index is 13.5. The van der Waals surface area contributed by atoms with Gasteiger partial charge < -0.3 is 119 Å². The molecule has 0 spiro atoms. The molecule has 0 aromatic rings. The molecule has 0 aromatic heterocycles. The first-order valence-corrected chi connectivity index (χ1v) is 30.0. The number of allylic oxidation sites excluding steroid dienone is 3. The Hall–Kier alpha value is -2.95. The number of aliphatic carboxylic acids is 1. The van der Waals surface area contributed by atoms with Crippen molar-refractivity contribution in [2.75, 3.05) is 33.0 Å². The molecule has 4 saturated heterocycles. The highest BCUT2D eigenvalue weighted by atomic mass is 16.8. The maximum Gasteiger partial charge on any atom is 0.335 e. The minimum atomic E-state index is -2.26. The molecule has 4 saturated carbocycles.